The first kappa shape index (κ1) is 7.41. The second-order valence-electron chi connectivity index (χ2n) is 1.82. The van der Waals surface area contributed by atoms with Gasteiger partial charge in [-0.3, -0.25) is 0 Å². The van der Waals surface area contributed by atoms with E-state index in [1.165, 1.54) is 0 Å². The van der Waals surface area contributed by atoms with Crippen LogP contribution >= 0.6 is 11.8 Å². The SMILES string of the molecule is C=CCCSc1ncc[nH]1. The second kappa shape index (κ2) is 4.17. The van der Waals surface area contributed by atoms with E-state index in [1.807, 2.05) is 12.3 Å². The lowest BCUT2D eigenvalue weighted by atomic mass is 10.5. The summed E-state index contributed by atoms with van der Waals surface area (Å²) in [5, 5.41) is 0.988. The van der Waals surface area contributed by atoms with Gasteiger partial charge < -0.3 is 4.98 Å². The van der Waals surface area contributed by atoms with Gasteiger partial charge in [0.15, 0.2) is 5.16 Å². The molecule has 0 aromatic carbocycles. The van der Waals surface area contributed by atoms with Crippen LogP contribution in [0.5, 0.6) is 0 Å². The van der Waals surface area contributed by atoms with Gasteiger partial charge in [0, 0.05) is 18.1 Å². The van der Waals surface area contributed by atoms with Gasteiger partial charge in [-0.15, -0.1) is 6.58 Å². The lowest BCUT2D eigenvalue weighted by molar-refractivity contribution is 1.05. The van der Waals surface area contributed by atoms with Crippen molar-refractivity contribution in [3.63, 3.8) is 0 Å². The van der Waals surface area contributed by atoms with Crippen molar-refractivity contribution >= 4 is 11.8 Å². The zero-order chi connectivity index (χ0) is 7.23. The molecule has 1 N–H and O–H groups in total. The summed E-state index contributed by atoms with van der Waals surface area (Å²) in [6.07, 6.45) is 6.54. The van der Waals surface area contributed by atoms with E-state index in [0.717, 1.165) is 17.3 Å². The summed E-state index contributed by atoms with van der Waals surface area (Å²) in [6, 6.07) is 0. The summed E-state index contributed by atoms with van der Waals surface area (Å²) in [7, 11) is 0. The highest BCUT2D eigenvalue weighted by molar-refractivity contribution is 7.99. The van der Waals surface area contributed by atoms with Crippen molar-refractivity contribution in [1.29, 1.82) is 0 Å². The summed E-state index contributed by atoms with van der Waals surface area (Å²) < 4.78 is 0. The molecule has 0 bridgehead atoms. The second-order valence-corrected chi connectivity index (χ2v) is 2.90. The number of H-pyrrole nitrogens is 1. The Morgan fingerprint density at radius 3 is 3.30 bits per heavy atom. The number of imidazole rings is 1. The van der Waals surface area contributed by atoms with E-state index in [2.05, 4.69) is 16.5 Å². The number of thioether (sulfide) groups is 1. The molecule has 0 unspecified atom stereocenters. The molecule has 2 nitrogen and oxygen atoms in total. The van der Waals surface area contributed by atoms with Gasteiger partial charge in [-0.05, 0) is 6.42 Å². The minimum atomic E-state index is 0.988. The monoisotopic (exact) mass is 154 g/mol. The zero-order valence-corrected chi connectivity index (χ0v) is 6.53. The van der Waals surface area contributed by atoms with Crippen LogP contribution in [0.2, 0.25) is 0 Å². The van der Waals surface area contributed by atoms with E-state index >= 15 is 0 Å². The van der Waals surface area contributed by atoms with Gasteiger partial charge in [0.05, 0.1) is 0 Å². The van der Waals surface area contributed by atoms with Crippen LogP contribution in [0.25, 0.3) is 0 Å². The van der Waals surface area contributed by atoms with Crippen molar-refractivity contribution < 1.29 is 0 Å². The summed E-state index contributed by atoms with van der Waals surface area (Å²) in [6.45, 7) is 3.64. The standard InChI is InChI=1S/C7H10N2S/c1-2-3-6-10-7-8-4-5-9-7/h2,4-5H,1,3,6H2,(H,8,9). The summed E-state index contributed by atoms with van der Waals surface area (Å²) in [5.41, 5.74) is 0. The predicted octanol–water partition coefficient (Wildman–Crippen LogP) is 2.08. The third-order valence-electron chi connectivity index (χ3n) is 1.03. The lowest BCUT2D eigenvalue weighted by Crippen LogP contribution is -1.77. The third-order valence-corrected chi connectivity index (χ3v) is 1.97. The van der Waals surface area contributed by atoms with Crippen LogP contribution in [0, 0.1) is 0 Å². The normalized spacial score (nSPS) is 9.60. The maximum absolute atomic E-state index is 4.06. The maximum Gasteiger partial charge on any atom is 0.165 e. The zero-order valence-electron chi connectivity index (χ0n) is 5.71. The molecule has 3 heteroatoms. The van der Waals surface area contributed by atoms with Crippen LogP contribution in [0.3, 0.4) is 0 Å². The first-order chi connectivity index (χ1) is 4.93. The first-order valence-corrected chi connectivity index (χ1v) is 4.15. The number of aromatic nitrogens is 2. The minimum Gasteiger partial charge on any atom is -0.340 e. The fraction of sp³-hybridized carbons (Fsp3) is 0.286. The number of allylic oxidation sites excluding steroid dienone is 1. The molecule has 0 radical (unpaired) electrons. The number of hydrogen-bond donors (Lipinski definition) is 1. The minimum absolute atomic E-state index is 0.988. The molecular weight excluding hydrogens is 144 g/mol. The smallest absolute Gasteiger partial charge is 0.165 e. The van der Waals surface area contributed by atoms with E-state index in [-0.39, 0.29) is 0 Å². The van der Waals surface area contributed by atoms with Crippen LogP contribution in [0.4, 0.5) is 0 Å². The summed E-state index contributed by atoms with van der Waals surface area (Å²) in [5.74, 6) is 1.05. The van der Waals surface area contributed by atoms with Gasteiger partial charge in [-0.2, -0.15) is 0 Å². The molecule has 1 heterocycles. The molecule has 10 heavy (non-hydrogen) atoms. The lowest BCUT2D eigenvalue weighted by Gasteiger charge is -1.91. The highest BCUT2D eigenvalue weighted by Gasteiger charge is 1.91. The molecule has 0 amide bonds. The first-order valence-electron chi connectivity index (χ1n) is 3.16. The fourth-order valence-electron chi connectivity index (χ4n) is 0.569. The molecule has 0 aliphatic carbocycles. The molecule has 1 aromatic heterocycles. The van der Waals surface area contributed by atoms with Crippen molar-refractivity contribution in [1.82, 2.24) is 9.97 Å². The Bertz CT molecular complexity index is 181. The van der Waals surface area contributed by atoms with Crippen LogP contribution in [-0.4, -0.2) is 15.7 Å². The maximum atomic E-state index is 4.06. The van der Waals surface area contributed by atoms with E-state index in [4.69, 9.17) is 0 Å². The third kappa shape index (κ3) is 2.27. The highest BCUT2D eigenvalue weighted by atomic mass is 32.2. The molecule has 0 spiro atoms. The number of aromatic amines is 1. The van der Waals surface area contributed by atoms with E-state index in [9.17, 15) is 0 Å². The highest BCUT2D eigenvalue weighted by Crippen LogP contribution is 2.12. The average Bonchev–Trinajstić information content (AvgIpc) is 2.41. The summed E-state index contributed by atoms with van der Waals surface area (Å²) >= 11 is 1.71. The number of rotatable bonds is 4. The number of nitrogens with zero attached hydrogens (tertiary/aromatic N) is 1. The Morgan fingerprint density at radius 2 is 2.70 bits per heavy atom. The van der Waals surface area contributed by atoms with Crippen LogP contribution in [-0.2, 0) is 0 Å². The van der Waals surface area contributed by atoms with Crippen molar-refractivity contribution in [3.05, 3.63) is 25.0 Å². The van der Waals surface area contributed by atoms with Gasteiger partial charge in [-0.1, -0.05) is 17.8 Å². The Kier molecular flexibility index (Phi) is 3.09. The van der Waals surface area contributed by atoms with Gasteiger partial charge in [-0.25, -0.2) is 4.98 Å². The van der Waals surface area contributed by atoms with E-state index in [1.54, 1.807) is 18.0 Å². The van der Waals surface area contributed by atoms with E-state index in [0.29, 0.717) is 0 Å². The van der Waals surface area contributed by atoms with Gasteiger partial charge >= 0.3 is 0 Å². The largest absolute Gasteiger partial charge is 0.340 e. The van der Waals surface area contributed by atoms with Crippen LogP contribution < -0.4 is 0 Å². The topological polar surface area (TPSA) is 28.7 Å². The predicted molar refractivity (Wildman–Crippen MR) is 44.1 cm³/mol. The van der Waals surface area contributed by atoms with E-state index < -0.39 is 0 Å². The molecule has 0 saturated heterocycles. The van der Waals surface area contributed by atoms with Gasteiger partial charge in [0.2, 0.25) is 0 Å². The Labute approximate surface area is 64.8 Å². The molecule has 0 aliphatic rings. The quantitative estimate of drug-likeness (QED) is 0.408. The van der Waals surface area contributed by atoms with Crippen molar-refractivity contribution in [3.8, 4) is 0 Å². The molecular formula is C7H10N2S. The summed E-state index contributed by atoms with van der Waals surface area (Å²) in [4.78, 5) is 7.07. The molecule has 54 valence electrons. The molecule has 0 aliphatic heterocycles. The molecule has 1 rings (SSSR count). The molecule has 0 atom stereocenters. The van der Waals surface area contributed by atoms with Gasteiger partial charge in [0.25, 0.3) is 0 Å². The van der Waals surface area contributed by atoms with Crippen molar-refractivity contribution in [2.75, 3.05) is 5.75 Å². The average molecular weight is 154 g/mol. The Morgan fingerprint density at radius 1 is 1.80 bits per heavy atom. The Balaban J connectivity index is 2.21. The Hall–Kier alpha value is -0.700. The number of nitrogens with one attached hydrogen (secondary N) is 1. The van der Waals surface area contributed by atoms with Crippen LogP contribution in [0.15, 0.2) is 30.2 Å². The van der Waals surface area contributed by atoms with Crippen molar-refractivity contribution in [2.45, 2.75) is 11.6 Å². The van der Waals surface area contributed by atoms with Crippen LogP contribution in [0.1, 0.15) is 6.42 Å². The number of hydrogen-bond acceptors (Lipinski definition) is 2. The molecule has 0 saturated carbocycles. The van der Waals surface area contributed by atoms with Crippen molar-refractivity contribution in [2.24, 2.45) is 0 Å². The molecule has 1 aromatic rings. The van der Waals surface area contributed by atoms with Gasteiger partial charge in [0.1, 0.15) is 0 Å². The fourth-order valence-corrected chi connectivity index (χ4v) is 1.33. The molecule has 0 fully saturated rings.